The van der Waals surface area contributed by atoms with Gasteiger partial charge in [-0.1, -0.05) is 37.7 Å². The van der Waals surface area contributed by atoms with Gasteiger partial charge in [0.1, 0.15) is 16.4 Å². The molecule has 0 fully saturated rings. The number of furan rings is 1. The van der Waals surface area contributed by atoms with Crippen molar-refractivity contribution in [3.63, 3.8) is 0 Å². The highest BCUT2D eigenvalue weighted by atomic mass is 32.2. The van der Waals surface area contributed by atoms with Crippen LogP contribution >= 0.6 is 11.8 Å². The molecule has 0 unspecified atom stereocenters. The Morgan fingerprint density at radius 3 is 2.36 bits per heavy atom. The first-order chi connectivity index (χ1) is 20.4. The van der Waals surface area contributed by atoms with Crippen LogP contribution in [-0.2, 0) is 16.1 Å². The predicted octanol–water partition coefficient (Wildman–Crippen LogP) is 6.37. The van der Waals surface area contributed by atoms with E-state index in [9.17, 15) is 14.4 Å². The van der Waals surface area contributed by atoms with Crippen molar-refractivity contribution in [1.29, 1.82) is 0 Å². The number of carbonyl (C=O) groups excluding carboxylic acids is 3. The minimum Gasteiger partial charge on any atom is -0.467 e. The predicted molar refractivity (Wildman–Crippen MR) is 158 cm³/mol. The van der Waals surface area contributed by atoms with Crippen molar-refractivity contribution >= 4 is 40.9 Å². The molecule has 2 aliphatic rings. The first kappa shape index (κ1) is 27.2. The molecule has 42 heavy (non-hydrogen) atoms. The van der Waals surface area contributed by atoms with Crippen LogP contribution in [0.2, 0.25) is 0 Å². The summed E-state index contributed by atoms with van der Waals surface area (Å²) in [6, 6.07) is 23.3. The zero-order valence-corrected chi connectivity index (χ0v) is 23.7. The molecule has 9 nitrogen and oxygen atoms in total. The zero-order valence-electron chi connectivity index (χ0n) is 22.9. The van der Waals surface area contributed by atoms with Crippen molar-refractivity contribution in [2.75, 3.05) is 17.4 Å². The summed E-state index contributed by atoms with van der Waals surface area (Å²) < 4.78 is 16.1. The van der Waals surface area contributed by atoms with Gasteiger partial charge in [0.25, 0.3) is 17.7 Å². The van der Waals surface area contributed by atoms with Crippen LogP contribution in [0.25, 0.3) is 0 Å². The van der Waals surface area contributed by atoms with Crippen molar-refractivity contribution in [1.82, 2.24) is 4.90 Å². The third-order valence-electron chi connectivity index (χ3n) is 6.83. The summed E-state index contributed by atoms with van der Waals surface area (Å²) in [6.07, 6.45) is 1.51. The average Bonchev–Trinajstić information content (AvgIpc) is 3.73. The number of hydrogen-bond acceptors (Lipinski definition) is 8. The standard InChI is InChI=1S/C32H27N3O6S/c1-19(2)20-5-8-22(9-6-20)33-28-29(32(38)35(31(28)37)17-24-4-3-15-39-24)42-25-12-10-23(11-13-25)34-30(36)21-7-14-26-27(16-21)41-18-40-26/h3-16,19,33H,17-18H2,1-2H3,(H,34,36). The number of anilines is 2. The molecule has 0 radical (unpaired) electrons. The second kappa shape index (κ2) is 11.5. The molecule has 1 aromatic heterocycles. The fourth-order valence-electron chi connectivity index (χ4n) is 4.52. The highest BCUT2D eigenvalue weighted by molar-refractivity contribution is 8.04. The minimum absolute atomic E-state index is 0.0248. The topological polar surface area (TPSA) is 110 Å². The van der Waals surface area contributed by atoms with Crippen LogP contribution in [0.15, 0.2) is 105 Å². The monoisotopic (exact) mass is 581 g/mol. The number of ether oxygens (including phenoxy) is 2. The highest BCUT2D eigenvalue weighted by Gasteiger charge is 2.39. The summed E-state index contributed by atoms with van der Waals surface area (Å²) >= 11 is 1.18. The molecule has 212 valence electrons. The fraction of sp³-hybridized carbons (Fsp3) is 0.156. The van der Waals surface area contributed by atoms with E-state index in [1.165, 1.54) is 28.5 Å². The molecule has 3 heterocycles. The van der Waals surface area contributed by atoms with Crippen molar-refractivity contribution < 1.29 is 28.3 Å². The average molecular weight is 582 g/mol. The Hall–Kier alpha value is -4.96. The number of hydrogen-bond donors (Lipinski definition) is 2. The summed E-state index contributed by atoms with van der Waals surface area (Å²) in [5, 5.41) is 6.04. The Bertz CT molecular complexity index is 1680. The third kappa shape index (κ3) is 5.61. The SMILES string of the molecule is CC(C)c1ccc(NC2=C(Sc3ccc(NC(=O)c4ccc5c(c4)OCO5)cc3)C(=O)N(Cc3ccco3)C2=O)cc1. The second-order valence-corrected chi connectivity index (χ2v) is 11.1. The summed E-state index contributed by atoms with van der Waals surface area (Å²) in [6.45, 7) is 4.38. The van der Waals surface area contributed by atoms with E-state index in [4.69, 9.17) is 13.9 Å². The number of imide groups is 1. The Balaban J connectivity index is 1.21. The second-order valence-electron chi connectivity index (χ2n) is 10.0. The van der Waals surface area contributed by atoms with E-state index >= 15 is 0 Å². The lowest BCUT2D eigenvalue weighted by molar-refractivity contribution is -0.138. The fourth-order valence-corrected chi connectivity index (χ4v) is 5.47. The van der Waals surface area contributed by atoms with Gasteiger partial charge in [-0.05, 0) is 78.2 Å². The molecule has 6 rings (SSSR count). The number of thioether (sulfide) groups is 1. The highest BCUT2D eigenvalue weighted by Crippen LogP contribution is 2.37. The Morgan fingerprint density at radius 1 is 0.905 bits per heavy atom. The lowest BCUT2D eigenvalue weighted by Gasteiger charge is -2.14. The van der Waals surface area contributed by atoms with Gasteiger partial charge in [0, 0.05) is 21.8 Å². The number of nitrogens with one attached hydrogen (secondary N) is 2. The molecule has 0 bridgehead atoms. The Morgan fingerprint density at radius 2 is 1.64 bits per heavy atom. The first-order valence-electron chi connectivity index (χ1n) is 13.3. The van der Waals surface area contributed by atoms with E-state index in [1.54, 1.807) is 54.6 Å². The van der Waals surface area contributed by atoms with E-state index in [0.717, 1.165) is 4.90 Å². The maximum Gasteiger partial charge on any atom is 0.278 e. The van der Waals surface area contributed by atoms with Crippen LogP contribution in [0.4, 0.5) is 11.4 Å². The van der Waals surface area contributed by atoms with Gasteiger partial charge in [-0.15, -0.1) is 0 Å². The minimum atomic E-state index is -0.431. The number of nitrogens with zero attached hydrogens (tertiary/aromatic N) is 1. The van der Waals surface area contributed by atoms with Crippen LogP contribution in [0.5, 0.6) is 11.5 Å². The van der Waals surface area contributed by atoms with Crippen LogP contribution in [0, 0.1) is 0 Å². The van der Waals surface area contributed by atoms with Gasteiger partial charge in [-0.3, -0.25) is 19.3 Å². The van der Waals surface area contributed by atoms with Gasteiger partial charge in [0.05, 0.1) is 12.8 Å². The molecule has 4 aromatic rings. The quantitative estimate of drug-likeness (QED) is 0.220. The number of rotatable bonds is 9. The number of benzene rings is 3. The van der Waals surface area contributed by atoms with Gasteiger partial charge in [-0.2, -0.15) is 0 Å². The van der Waals surface area contributed by atoms with E-state index < -0.39 is 11.8 Å². The smallest absolute Gasteiger partial charge is 0.278 e. The number of fused-ring (bicyclic) bond motifs is 1. The first-order valence-corrected chi connectivity index (χ1v) is 14.2. The number of amides is 3. The van der Waals surface area contributed by atoms with Gasteiger partial charge in [-0.25, -0.2) is 0 Å². The van der Waals surface area contributed by atoms with Crippen molar-refractivity contribution in [2.24, 2.45) is 0 Å². The summed E-state index contributed by atoms with van der Waals surface area (Å²) in [7, 11) is 0. The lowest BCUT2D eigenvalue weighted by atomic mass is 10.0. The maximum atomic E-state index is 13.5. The van der Waals surface area contributed by atoms with E-state index in [-0.39, 0.29) is 29.8 Å². The zero-order chi connectivity index (χ0) is 29.2. The van der Waals surface area contributed by atoms with Gasteiger partial charge in [0.2, 0.25) is 6.79 Å². The van der Waals surface area contributed by atoms with E-state index in [0.29, 0.717) is 40.1 Å². The molecule has 0 atom stereocenters. The number of carbonyl (C=O) groups is 3. The molecule has 2 aliphatic heterocycles. The summed E-state index contributed by atoms with van der Waals surface area (Å²) in [5.74, 6) is 0.865. The van der Waals surface area contributed by atoms with Crippen LogP contribution in [-0.4, -0.2) is 29.4 Å². The molecular formula is C32H27N3O6S. The molecule has 0 spiro atoms. The molecule has 3 aromatic carbocycles. The van der Waals surface area contributed by atoms with Gasteiger partial charge in [0.15, 0.2) is 11.5 Å². The van der Waals surface area contributed by atoms with E-state index in [2.05, 4.69) is 24.5 Å². The maximum absolute atomic E-state index is 13.5. The van der Waals surface area contributed by atoms with Crippen molar-refractivity contribution in [3.05, 3.63) is 113 Å². The largest absolute Gasteiger partial charge is 0.467 e. The molecule has 0 saturated carbocycles. The molecule has 0 aliphatic carbocycles. The molecule has 10 heteroatoms. The van der Waals surface area contributed by atoms with Crippen LogP contribution in [0.1, 0.15) is 41.4 Å². The normalized spacial score (nSPS) is 14.2. The van der Waals surface area contributed by atoms with Crippen LogP contribution in [0.3, 0.4) is 0 Å². The molecule has 2 N–H and O–H groups in total. The van der Waals surface area contributed by atoms with Crippen LogP contribution < -0.4 is 20.1 Å². The Kier molecular flexibility index (Phi) is 7.45. The van der Waals surface area contributed by atoms with Crippen molar-refractivity contribution in [3.8, 4) is 11.5 Å². The Labute approximate surface area is 246 Å². The van der Waals surface area contributed by atoms with Gasteiger partial charge >= 0.3 is 0 Å². The lowest BCUT2D eigenvalue weighted by Crippen LogP contribution is -2.31. The van der Waals surface area contributed by atoms with Crippen molar-refractivity contribution in [2.45, 2.75) is 31.2 Å². The molecule has 0 saturated heterocycles. The summed E-state index contributed by atoms with van der Waals surface area (Å²) in [5.41, 5.74) is 3.09. The molecule has 3 amide bonds. The van der Waals surface area contributed by atoms with E-state index in [1.807, 2.05) is 24.3 Å². The third-order valence-corrected chi connectivity index (χ3v) is 7.92. The molecular weight excluding hydrogens is 554 g/mol. The van der Waals surface area contributed by atoms with Gasteiger partial charge < -0.3 is 24.5 Å². The summed E-state index contributed by atoms with van der Waals surface area (Å²) in [4.78, 5) is 41.9.